The van der Waals surface area contributed by atoms with E-state index in [0.717, 1.165) is 0 Å². The molecule has 0 aliphatic carbocycles. The molecule has 0 rings (SSSR count). The van der Waals surface area contributed by atoms with Crippen molar-refractivity contribution in [3.05, 3.63) is 24.2 Å². The predicted octanol–water partition coefficient (Wildman–Crippen LogP) is 1.94. The van der Waals surface area contributed by atoms with Gasteiger partial charge in [0, 0.05) is 13.3 Å². The van der Waals surface area contributed by atoms with E-state index in [2.05, 4.69) is 6.58 Å². The van der Waals surface area contributed by atoms with Gasteiger partial charge >= 0.3 is 11.9 Å². The van der Waals surface area contributed by atoms with Crippen molar-refractivity contribution in [1.29, 1.82) is 0 Å². The fourth-order valence-corrected chi connectivity index (χ4v) is 1.04. The van der Waals surface area contributed by atoms with Gasteiger partial charge in [0.15, 0.2) is 5.76 Å². The molecule has 0 aromatic rings. The molecule has 0 aliphatic rings. The Bertz CT molecular complexity index is 317. The van der Waals surface area contributed by atoms with Crippen LogP contribution in [0.15, 0.2) is 24.2 Å². The van der Waals surface area contributed by atoms with Gasteiger partial charge in [0.2, 0.25) is 5.76 Å². The van der Waals surface area contributed by atoms with Gasteiger partial charge in [0.25, 0.3) is 0 Å². The molecule has 0 atom stereocenters. The molecule has 0 spiro atoms. The van der Waals surface area contributed by atoms with Crippen LogP contribution in [-0.4, -0.2) is 25.2 Å². The van der Waals surface area contributed by atoms with Crippen LogP contribution >= 0.6 is 0 Å². The Balaban J connectivity index is 5.04. The van der Waals surface area contributed by atoms with Crippen molar-refractivity contribution in [3.8, 4) is 0 Å². The molecule has 0 aromatic carbocycles. The molecular formula is C12H18O5. The lowest BCUT2D eigenvalue weighted by Crippen LogP contribution is -2.15. The van der Waals surface area contributed by atoms with E-state index in [4.69, 9.17) is 14.2 Å². The summed E-state index contributed by atoms with van der Waals surface area (Å²) in [6.45, 7) is 8.52. The monoisotopic (exact) mass is 242 g/mol. The van der Waals surface area contributed by atoms with Crippen molar-refractivity contribution in [3.63, 3.8) is 0 Å². The molecule has 0 fully saturated rings. The highest BCUT2D eigenvalue weighted by molar-refractivity contribution is 5.87. The molecule has 0 radical (unpaired) electrons. The topological polar surface area (TPSA) is 61.8 Å². The maximum atomic E-state index is 11.6. The normalized spacial score (nSPS) is 11.2. The van der Waals surface area contributed by atoms with Gasteiger partial charge in [-0.15, -0.1) is 0 Å². The molecule has 0 unspecified atom stereocenters. The van der Waals surface area contributed by atoms with Gasteiger partial charge in [0.1, 0.15) is 6.61 Å². The van der Waals surface area contributed by atoms with E-state index in [1.54, 1.807) is 13.8 Å². The van der Waals surface area contributed by atoms with Crippen LogP contribution in [0.4, 0.5) is 0 Å². The van der Waals surface area contributed by atoms with Crippen molar-refractivity contribution in [2.24, 2.45) is 0 Å². The van der Waals surface area contributed by atoms with Crippen LogP contribution < -0.4 is 0 Å². The van der Waals surface area contributed by atoms with Crippen LogP contribution in [-0.2, 0) is 23.8 Å². The summed E-state index contributed by atoms with van der Waals surface area (Å²) in [4.78, 5) is 22.5. The minimum Gasteiger partial charge on any atom is -0.480 e. The van der Waals surface area contributed by atoms with Crippen molar-refractivity contribution in [1.82, 2.24) is 0 Å². The summed E-state index contributed by atoms with van der Waals surface area (Å²) in [6, 6.07) is 0. The highest BCUT2D eigenvalue weighted by Crippen LogP contribution is 2.14. The number of hydrogen-bond acceptors (Lipinski definition) is 5. The Hall–Kier alpha value is -1.78. The molecule has 5 nitrogen and oxygen atoms in total. The summed E-state index contributed by atoms with van der Waals surface area (Å²) in [7, 11) is 0. The Morgan fingerprint density at radius 1 is 1.24 bits per heavy atom. The first kappa shape index (κ1) is 15.2. The van der Waals surface area contributed by atoms with Gasteiger partial charge in [-0.2, -0.15) is 0 Å². The van der Waals surface area contributed by atoms with E-state index in [0.29, 0.717) is 6.42 Å². The van der Waals surface area contributed by atoms with Crippen molar-refractivity contribution in [2.45, 2.75) is 27.2 Å². The second-order valence-corrected chi connectivity index (χ2v) is 3.02. The van der Waals surface area contributed by atoms with Crippen molar-refractivity contribution >= 4 is 11.9 Å². The second-order valence-electron chi connectivity index (χ2n) is 3.02. The Morgan fingerprint density at radius 2 is 1.88 bits per heavy atom. The number of carbonyl (C=O) groups is 2. The first-order chi connectivity index (χ1) is 8.06. The zero-order chi connectivity index (χ0) is 13.3. The molecule has 0 saturated heterocycles. The Labute approximate surface area is 101 Å². The van der Waals surface area contributed by atoms with E-state index in [1.165, 1.54) is 13.0 Å². The molecule has 17 heavy (non-hydrogen) atoms. The van der Waals surface area contributed by atoms with E-state index in [9.17, 15) is 9.59 Å². The summed E-state index contributed by atoms with van der Waals surface area (Å²) in [5.41, 5.74) is 0. The maximum Gasteiger partial charge on any atom is 0.377 e. The van der Waals surface area contributed by atoms with Gasteiger partial charge in [-0.3, -0.25) is 4.79 Å². The largest absolute Gasteiger partial charge is 0.480 e. The van der Waals surface area contributed by atoms with Gasteiger partial charge < -0.3 is 14.2 Å². The summed E-state index contributed by atoms with van der Waals surface area (Å²) in [5, 5.41) is 0. The number of allylic oxidation sites excluding steroid dienone is 1. The molecule has 0 amide bonds. The summed E-state index contributed by atoms with van der Waals surface area (Å²) < 4.78 is 14.9. The van der Waals surface area contributed by atoms with E-state index in [-0.39, 0.29) is 24.7 Å². The Morgan fingerprint density at radius 3 is 2.29 bits per heavy atom. The summed E-state index contributed by atoms with van der Waals surface area (Å²) in [6.07, 6.45) is 1.84. The molecule has 0 aliphatic heterocycles. The van der Waals surface area contributed by atoms with Crippen LogP contribution in [0, 0.1) is 0 Å². The third kappa shape index (κ3) is 5.75. The molecule has 0 heterocycles. The standard InChI is InChI=1S/C12H18O5/c1-5-8-16-11(12(14)15-7-3)10(6-2)17-9(4)13/h5H,1,6-8H2,2-4H3. The molecule has 0 aromatic heterocycles. The zero-order valence-corrected chi connectivity index (χ0v) is 10.4. The minimum atomic E-state index is -0.646. The third-order valence-corrected chi connectivity index (χ3v) is 1.65. The van der Waals surface area contributed by atoms with Gasteiger partial charge in [-0.25, -0.2) is 4.79 Å². The lowest BCUT2D eigenvalue weighted by atomic mass is 10.3. The van der Waals surface area contributed by atoms with Gasteiger partial charge in [-0.1, -0.05) is 19.6 Å². The number of esters is 2. The van der Waals surface area contributed by atoms with Crippen LogP contribution in [0.1, 0.15) is 27.2 Å². The zero-order valence-electron chi connectivity index (χ0n) is 10.4. The number of ether oxygens (including phenoxy) is 3. The van der Waals surface area contributed by atoms with Crippen LogP contribution in [0.25, 0.3) is 0 Å². The molecular weight excluding hydrogens is 224 g/mol. The first-order valence-corrected chi connectivity index (χ1v) is 5.39. The molecule has 0 bridgehead atoms. The minimum absolute atomic E-state index is 0.0792. The smallest absolute Gasteiger partial charge is 0.377 e. The number of rotatable bonds is 7. The van der Waals surface area contributed by atoms with Crippen molar-refractivity contribution < 1.29 is 23.8 Å². The lowest BCUT2D eigenvalue weighted by molar-refractivity contribution is -0.144. The second kappa shape index (κ2) is 8.38. The van der Waals surface area contributed by atoms with E-state index >= 15 is 0 Å². The SMILES string of the molecule is C=CCOC(C(=O)OCC)=C(CC)OC(C)=O. The van der Waals surface area contributed by atoms with Crippen molar-refractivity contribution in [2.75, 3.05) is 13.2 Å². The molecule has 5 heteroatoms. The third-order valence-electron chi connectivity index (χ3n) is 1.65. The summed E-state index contributed by atoms with van der Waals surface area (Å²) >= 11 is 0. The average molecular weight is 242 g/mol. The fraction of sp³-hybridized carbons (Fsp3) is 0.500. The molecule has 96 valence electrons. The highest BCUT2D eigenvalue weighted by atomic mass is 16.6. The Kier molecular flexibility index (Phi) is 7.50. The van der Waals surface area contributed by atoms with E-state index < -0.39 is 11.9 Å². The first-order valence-electron chi connectivity index (χ1n) is 5.39. The van der Waals surface area contributed by atoms with Gasteiger partial charge in [0.05, 0.1) is 6.61 Å². The van der Waals surface area contributed by atoms with Gasteiger partial charge in [-0.05, 0) is 6.92 Å². The van der Waals surface area contributed by atoms with Crippen LogP contribution in [0.3, 0.4) is 0 Å². The summed E-state index contributed by atoms with van der Waals surface area (Å²) in [5.74, 6) is -1.07. The highest BCUT2D eigenvalue weighted by Gasteiger charge is 2.20. The molecule has 0 N–H and O–H groups in total. The average Bonchev–Trinajstić information content (AvgIpc) is 2.27. The number of hydrogen-bond donors (Lipinski definition) is 0. The lowest BCUT2D eigenvalue weighted by Gasteiger charge is -2.12. The quantitative estimate of drug-likeness (QED) is 0.295. The van der Waals surface area contributed by atoms with Crippen LogP contribution in [0.2, 0.25) is 0 Å². The predicted molar refractivity (Wildman–Crippen MR) is 61.9 cm³/mol. The van der Waals surface area contributed by atoms with E-state index in [1.807, 2.05) is 0 Å². The molecule has 0 saturated carbocycles. The maximum absolute atomic E-state index is 11.6. The number of carbonyl (C=O) groups excluding carboxylic acids is 2. The van der Waals surface area contributed by atoms with Crippen LogP contribution in [0.5, 0.6) is 0 Å². The fourth-order valence-electron chi connectivity index (χ4n) is 1.04.